The first-order valence-corrected chi connectivity index (χ1v) is 10.8. The third-order valence-corrected chi connectivity index (χ3v) is 5.99. The van der Waals surface area contributed by atoms with E-state index in [9.17, 15) is 4.79 Å². The van der Waals surface area contributed by atoms with Gasteiger partial charge in [-0.3, -0.25) is 9.69 Å². The number of hydrogen-bond acceptors (Lipinski definition) is 4. The Morgan fingerprint density at radius 2 is 1.97 bits per heavy atom. The summed E-state index contributed by atoms with van der Waals surface area (Å²) in [5, 5.41) is 3.73. The average Bonchev–Trinajstić information content (AvgIpc) is 2.78. The molecule has 1 fully saturated rings. The molecule has 2 heterocycles. The van der Waals surface area contributed by atoms with Gasteiger partial charge in [-0.2, -0.15) is 0 Å². The van der Waals surface area contributed by atoms with Crippen molar-refractivity contribution < 1.29 is 15.0 Å². The molecular weight excluding hydrogens is 421 g/mol. The lowest BCUT2D eigenvalue weighted by Crippen LogP contribution is -2.46. The van der Waals surface area contributed by atoms with Crippen LogP contribution in [0.4, 0.5) is 11.4 Å². The number of benzene rings is 2. The maximum absolute atomic E-state index is 11.8. The Labute approximate surface area is 193 Å². The van der Waals surface area contributed by atoms with Crippen molar-refractivity contribution in [2.24, 2.45) is 0 Å². The first kappa shape index (κ1) is 16.7. The summed E-state index contributed by atoms with van der Waals surface area (Å²) in [6, 6.07) is 10.5. The predicted molar refractivity (Wildman–Crippen MR) is 123 cm³/mol. The van der Waals surface area contributed by atoms with E-state index < -0.39 is 12.9 Å². The highest BCUT2D eigenvalue weighted by molar-refractivity contribution is 6.43. The van der Waals surface area contributed by atoms with Gasteiger partial charge in [0.2, 0.25) is 5.91 Å². The molecule has 1 amide bonds. The fourth-order valence-electron chi connectivity index (χ4n) is 3.58. The summed E-state index contributed by atoms with van der Waals surface area (Å²) < 4.78 is 38.9. The van der Waals surface area contributed by atoms with Gasteiger partial charge in [0.25, 0.3) is 0 Å². The Bertz CT molecular complexity index is 1060. The van der Waals surface area contributed by atoms with E-state index in [2.05, 4.69) is 10.2 Å². The molecule has 30 heavy (non-hydrogen) atoms. The Hall–Kier alpha value is -1.95. The minimum Gasteiger partial charge on any atom is -0.494 e. The van der Waals surface area contributed by atoms with E-state index in [0.29, 0.717) is 72.7 Å². The second-order valence-electron chi connectivity index (χ2n) is 7.27. The Kier molecular flexibility index (Phi) is 5.52. The lowest BCUT2D eigenvalue weighted by atomic mass is 10.0. The van der Waals surface area contributed by atoms with Crippen LogP contribution in [0.25, 0.3) is 0 Å². The normalized spacial score (nSPS) is 21.0. The van der Waals surface area contributed by atoms with Gasteiger partial charge in [-0.15, -0.1) is 0 Å². The van der Waals surface area contributed by atoms with Gasteiger partial charge < -0.3 is 15.0 Å². The standard InChI is InChI=1S/C23H27Cl2N3O2/c24-19-4-3-5-21(23(19)25)28-13-11-27(12-14-28)10-1-2-15-30-18-8-6-17-7-9-22(29)26-20(17)16-18/h3-6,8,16H,1-2,7,9-15H2,(H,26,29)/i7D2,10D2. The number of rotatable bonds is 7. The van der Waals surface area contributed by atoms with Crippen LogP contribution in [0.5, 0.6) is 5.75 Å². The van der Waals surface area contributed by atoms with Crippen LogP contribution in [-0.2, 0) is 11.2 Å². The number of aryl methyl sites for hydroxylation is 1. The Morgan fingerprint density at radius 1 is 1.13 bits per heavy atom. The van der Waals surface area contributed by atoms with Crippen molar-refractivity contribution in [2.45, 2.75) is 25.6 Å². The van der Waals surface area contributed by atoms with Crippen LogP contribution >= 0.6 is 23.2 Å². The van der Waals surface area contributed by atoms with Gasteiger partial charge in [-0.1, -0.05) is 35.3 Å². The van der Waals surface area contributed by atoms with E-state index >= 15 is 0 Å². The maximum atomic E-state index is 11.8. The summed E-state index contributed by atoms with van der Waals surface area (Å²) in [6.07, 6.45) is -1.07. The van der Waals surface area contributed by atoms with Crippen LogP contribution in [0.1, 0.15) is 30.3 Å². The molecule has 2 aliphatic heterocycles. The van der Waals surface area contributed by atoms with Gasteiger partial charge >= 0.3 is 0 Å². The smallest absolute Gasteiger partial charge is 0.224 e. The molecule has 2 aromatic carbocycles. The highest BCUT2D eigenvalue weighted by atomic mass is 35.5. The number of anilines is 2. The van der Waals surface area contributed by atoms with Crippen molar-refractivity contribution in [3.8, 4) is 5.75 Å². The Balaban J connectivity index is 1.26. The molecule has 0 unspecified atom stereocenters. The lowest BCUT2D eigenvalue weighted by molar-refractivity contribution is -0.116. The van der Waals surface area contributed by atoms with Gasteiger partial charge in [0, 0.05) is 49.8 Å². The van der Waals surface area contributed by atoms with E-state index in [4.69, 9.17) is 33.4 Å². The second-order valence-corrected chi connectivity index (χ2v) is 8.05. The van der Waals surface area contributed by atoms with E-state index in [-0.39, 0.29) is 12.3 Å². The largest absolute Gasteiger partial charge is 0.494 e. The summed E-state index contributed by atoms with van der Waals surface area (Å²) in [7, 11) is 0. The summed E-state index contributed by atoms with van der Waals surface area (Å²) in [4.78, 5) is 15.7. The zero-order valence-corrected chi connectivity index (χ0v) is 18.1. The number of piperazine rings is 1. The van der Waals surface area contributed by atoms with Gasteiger partial charge in [-0.05, 0) is 49.5 Å². The molecule has 0 aromatic heterocycles. The van der Waals surface area contributed by atoms with Crippen LogP contribution < -0.4 is 15.0 Å². The zero-order chi connectivity index (χ0) is 24.5. The molecule has 1 saturated heterocycles. The summed E-state index contributed by atoms with van der Waals surface area (Å²) in [5.41, 5.74) is 1.73. The van der Waals surface area contributed by atoms with Crippen LogP contribution in [0.2, 0.25) is 10.0 Å². The highest BCUT2D eigenvalue weighted by Gasteiger charge is 2.19. The minimum atomic E-state index is -1.70. The lowest BCUT2D eigenvalue weighted by Gasteiger charge is -2.36. The van der Waals surface area contributed by atoms with Crippen LogP contribution in [0.3, 0.4) is 0 Å². The number of carbonyl (C=O) groups excluding carboxylic acids is 1. The van der Waals surface area contributed by atoms with Gasteiger partial charge in [0.05, 0.1) is 22.3 Å². The number of halogens is 2. The molecule has 4 rings (SSSR count). The molecule has 2 aliphatic rings. The van der Waals surface area contributed by atoms with Crippen molar-refractivity contribution in [3.05, 3.63) is 52.0 Å². The first-order chi connectivity index (χ1) is 16.1. The quantitative estimate of drug-likeness (QED) is 0.610. The topological polar surface area (TPSA) is 44.8 Å². The SMILES string of the molecule is [2H]C1([2H])CC(=O)Nc2cc(OCCCC([2H])([2H])N3CCN(c4cccc(Cl)c4Cl)CC3)ccc21. The molecule has 7 heteroatoms. The summed E-state index contributed by atoms with van der Waals surface area (Å²) >= 11 is 12.5. The van der Waals surface area contributed by atoms with E-state index in [1.54, 1.807) is 24.3 Å². The van der Waals surface area contributed by atoms with Crippen molar-refractivity contribution in [1.82, 2.24) is 4.90 Å². The molecule has 0 spiro atoms. The monoisotopic (exact) mass is 451 g/mol. The third-order valence-electron chi connectivity index (χ3n) is 5.18. The number of nitrogens with zero attached hydrogens (tertiary/aromatic N) is 2. The number of hydrogen-bond donors (Lipinski definition) is 1. The van der Waals surface area contributed by atoms with E-state index in [1.807, 2.05) is 17.0 Å². The Morgan fingerprint density at radius 3 is 2.80 bits per heavy atom. The van der Waals surface area contributed by atoms with Crippen LogP contribution in [-0.4, -0.2) is 50.1 Å². The first-order valence-electron chi connectivity index (χ1n) is 12.1. The van der Waals surface area contributed by atoms with Crippen molar-refractivity contribution in [1.29, 1.82) is 0 Å². The molecular formula is C23H27Cl2N3O2. The van der Waals surface area contributed by atoms with E-state index in [1.165, 1.54) is 0 Å². The number of carbonyl (C=O) groups is 1. The van der Waals surface area contributed by atoms with Crippen molar-refractivity contribution >= 4 is 40.5 Å². The molecule has 0 atom stereocenters. The molecule has 0 radical (unpaired) electrons. The van der Waals surface area contributed by atoms with Gasteiger partial charge in [0.1, 0.15) is 5.75 Å². The van der Waals surface area contributed by atoms with Crippen molar-refractivity contribution in [3.63, 3.8) is 0 Å². The van der Waals surface area contributed by atoms with Crippen LogP contribution in [0.15, 0.2) is 36.4 Å². The fraction of sp³-hybridized carbons (Fsp3) is 0.435. The van der Waals surface area contributed by atoms with Crippen LogP contribution in [0, 0.1) is 0 Å². The second kappa shape index (κ2) is 9.90. The van der Waals surface area contributed by atoms with Crippen molar-refractivity contribution in [2.75, 3.05) is 49.5 Å². The number of amides is 1. The fourth-order valence-corrected chi connectivity index (χ4v) is 4.00. The maximum Gasteiger partial charge on any atom is 0.224 e. The van der Waals surface area contributed by atoms with Gasteiger partial charge in [0.15, 0.2) is 0 Å². The predicted octanol–water partition coefficient (Wildman–Crippen LogP) is 4.86. The molecule has 2 aromatic rings. The number of fused-ring (bicyclic) bond motifs is 1. The summed E-state index contributed by atoms with van der Waals surface area (Å²) in [5.74, 6) is 0.157. The highest BCUT2D eigenvalue weighted by Crippen LogP contribution is 2.33. The summed E-state index contributed by atoms with van der Waals surface area (Å²) in [6.45, 7) is 1.31. The number of ether oxygens (including phenoxy) is 1. The molecule has 0 aliphatic carbocycles. The molecule has 0 saturated carbocycles. The molecule has 160 valence electrons. The third kappa shape index (κ3) is 5.20. The zero-order valence-electron chi connectivity index (χ0n) is 20.6. The molecule has 1 N–H and O–H groups in total. The van der Waals surface area contributed by atoms with Gasteiger partial charge in [-0.25, -0.2) is 0 Å². The average molecular weight is 452 g/mol. The minimum absolute atomic E-state index is 0.199. The molecule has 0 bridgehead atoms. The number of nitrogens with one attached hydrogen (secondary N) is 1. The molecule has 5 nitrogen and oxygen atoms in total. The van der Waals surface area contributed by atoms with E-state index in [0.717, 1.165) is 5.69 Å².